The van der Waals surface area contributed by atoms with E-state index < -0.39 is 11.5 Å². The van der Waals surface area contributed by atoms with Gasteiger partial charge in [-0.3, -0.25) is 10.1 Å². The highest BCUT2D eigenvalue weighted by Crippen LogP contribution is 2.34. The fraction of sp³-hybridized carbons (Fsp3) is 0.588. The Morgan fingerprint density at radius 2 is 2.00 bits per heavy atom. The lowest BCUT2D eigenvalue weighted by Gasteiger charge is -2.38. The van der Waals surface area contributed by atoms with Gasteiger partial charge in [0, 0.05) is 12.5 Å². The van der Waals surface area contributed by atoms with Gasteiger partial charge in [0.25, 0.3) is 0 Å². The second-order valence-corrected chi connectivity index (χ2v) is 6.46. The molecule has 0 saturated heterocycles. The number of aliphatic carboxylic acids is 1. The van der Waals surface area contributed by atoms with Crippen LogP contribution in [0.5, 0.6) is 5.75 Å². The summed E-state index contributed by atoms with van der Waals surface area (Å²) in [5.41, 5.74) is 0.399. The minimum Gasteiger partial charge on any atom is -0.490 e. The van der Waals surface area contributed by atoms with Crippen LogP contribution in [0.2, 0.25) is 0 Å². The number of carbonyl (C=O) groups is 1. The maximum absolute atomic E-state index is 11.8. The fourth-order valence-electron chi connectivity index (χ4n) is 3.14. The molecule has 2 aliphatic rings. The normalized spacial score (nSPS) is 29.1. The molecule has 0 aliphatic heterocycles. The van der Waals surface area contributed by atoms with E-state index in [2.05, 4.69) is 5.32 Å². The standard InChI is InChI=1S/C17H23NO3/c1-12-4-8-14(9-5-12)21-15-3-2-10-17(11-15,16(19)20)18-13-6-7-13/h4-5,8-9,13,15,18H,2-3,6-7,10-11H2,1H3,(H,19,20). The summed E-state index contributed by atoms with van der Waals surface area (Å²) >= 11 is 0. The van der Waals surface area contributed by atoms with E-state index in [1.165, 1.54) is 5.56 Å². The Balaban J connectivity index is 1.68. The van der Waals surface area contributed by atoms with Crippen molar-refractivity contribution in [2.24, 2.45) is 0 Å². The molecule has 2 atom stereocenters. The van der Waals surface area contributed by atoms with Crippen molar-refractivity contribution in [3.05, 3.63) is 29.8 Å². The third-order valence-corrected chi connectivity index (χ3v) is 4.50. The van der Waals surface area contributed by atoms with E-state index in [-0.39, 0.29) is 6.10 Å². The van der Waals surface area contributed by atoms with Crippen LogP contribution in [0.4, 0.5) is 0 Å². The second kappa shape index (κ2) is 5.68. The molecule has 1 aromatic carbocycles. The second-order valence-electron chi connectivity index (χ2n) is 6.46. The van der Waals surface area contributed by atoms with Gasteiger partial charge in [0.05, 0.1) is 0 Å². The molecule has 0 heterocycles. The lowest BCUT2D eigenvalue weighted by Crippen LogP contribution is -2.57. The van der Waals surface area contributed by atoms with Gasteiger partial charge in [-0.15, -0.1) is 0 Å². The minimum absolute atomic E-state index is 0.0243. The fourth-order valence-corrected chi connectivity index (χ4v) is 3.14. The van der Waals surface area contributed by atoms with Gasteiger partial charge >= 0.3 is 5.97 Å². The number of hydrogen-bond donors (Lipinski definition) is 2. The summed E-state index contributed by atoms with van der Waals surface area (Å²) in [7, 11) is 0. The molecule has 114 valence electrons. The van der Waals surface area contributed by atoms with Crippen molar-refractivity contribution >= 4 is 5.97 Å². The van der Waals surface area contributed by atoms with Crippen molar-refractivity contribution in [2.75, 3.05) is 0 Å². The molecule has 21 heavy (non-hydrogen) atoms. The van der Waals surface area contributed by atoms with E-state index in [1.807, 2.05) is 31.2 Å². The molecule has 0 aromatic heterocycles. The Labute approximate surface area is 125 Å². The summed E-state index contributed by atoms with van der Waals surface area (Å²) in [6.07, 6.45) is 5.23. The number of carboxylic acid groups (broad SMARTS) is 1. The zero-order valence-corrected chi connectivity index (χ0v) is 12.5. The predicted molar refractivity (Wildman–Crippen MR) is 80.6 cm³/mol. The molecule has 0 amide bonds. The highest BCUT2D eigenvalue weighted by atomic mass is 16.5. The highest BCUT2D eigenvalue weighted by molar-refractivity contribution is 5.79. The van der Waals surface area contributed by atoms with Gasteiger partial charge in [0.15, 0.2) is 0 Å². The first-order chi connectivity index (χ1) is 10.1. The van der Waals surface area contributed by atoms with E-state index in [1.54, 1.807) is 0 Å². The molecule has 0 radical (unpaired) electrons. The summed E-state index contributed by atoms with van der Waals surface area (Å²) < 4.78 is 6.01. The number of benzene rings is 1. The Morgan fingerprint density at radius 1 is 1.29 bits per heavy atom. The summed E-state index contributed by atoms with van der Waals surface area (Å²) in [6, 6.07) is 8.34. The lowest BCUT2D eigenvalue weighted by molar-refractivity contribution is -0.148. The summed E-state index contributed by atoms with van der Waals surface area (Å²) in [6.45, 7) is 2.04. The molecule has 1 aromatic rings. The molecule has 4 heteroatoms. The topological polar surface area (TPSA) is 58.6 Å². The maximum atomic E-state index is 11.8. The zero-order chi connectivity index (χ0) is 14.9. The maximum Gasteiger partial charge on any atom is 0.324 e. The van der Waals surface area contributed by atoms with E-state index in [4.69, 9.17) is 4.74 Å². The summed E-state index contributed by atoms with van der Waals surface area (Å²) in [5, 5.41) is 13.0. The van der Waals surface area contributed by atoms with Crippen LogP contribution < -0.4 is 10.1 Å². The van der Waals surface area contributed by atoms with Crippen molar-refractivity contribution < 1.29 is 14.6 Å². The molecule has 2 aliphatic carbocycles. The van der Waals surface area contributed by atoms with Gasteiger partial charge in [-0.2, -0.15) is 0 Å². The van der Waals surface area contributed by atoms with Crippen molar-refractivity contribution in [3.8, 4) is 5.75 Å². The lowest BCUT2D eigenvalue weighted by atomic mass is 9.80. The van der Waals surface area contributed by atoms with Gasteiger partial charge < -0.3 is 9.84 Å². The Kier molecular flexibility index (Phi) is 3.89. The first-order valence-electron chi connectivity index (χ1n) is 7.82. The SMILES string of the molecule is Cc1ccc(OC2CCCC(NC3CC3)(C(=O)O)C2)cc1. The van der Waals surface area contributed by atoms with Crippen LogP contribution in [0.1, 0.15) is 44.1 Å². The molecule has 2 saturated carbocycles. The van der Waals surface area contributed by atoms with Gasteiger partial charge in [-0.25, -0.2) is 0 Å². The van der Waals surface area contributed by atoms with E-state index in [9.17, 15) is 9.90 Å². The third kappa shape index (κ3) is 3.38. The summed E-state index contributed by atoms with van der Waals surface area (Å²) in [5.74, 6) is 0.102. The van der Waals surface area contributed by atoms with Crippen molar-refractivity contribution in [1.29, 1.82) is 0 Å². The quantitative estimate of drug-likeness (QED) is 0.875. The van der Waals surface area contributed by atoms with Crippen molar-refractivity contribution in [3.63, 3.8) is 0 Å². The number of rotatable bonds is 5. The number of nitrogens with one attached hydrogen (secondary N) is 1. The average Bonchev–Trinajstić information content (AvgIpc) is 3.25. The summed E-state index contributed by atoms with van der Waals surface area (Å²) in [4.78, 5) is 11.8. The first kappa shape index (κ1) is 14.4. The van der Waals surface area contributed by atoms with Crippen LogP contribution >= 0.6 is 0 Å². The first-order valence-corrected chi connectivity index (χ1v) is 7.82. The van der Waals surface area contributed by atoms with Gasteiger partial charge in [-0.1, -0.05) is 17.7 Å². The van der Waals surface area contributed by atoms with Crippen LogP contribution in [0, 0.1) is 6.92 Å². The number of ether oxygens (including phenoxy) is 1. The molecule has 3 rings (SSSR count). The molecule has 0 bridgehead atoms. The highest BCUT2D eigenvalue weighted by Gasteiger charge is 2.46. The molecule has 2 N–H and O–H groups in total. The Bertz CT molecular complexity index is 509. The largest absolute Gasteiger partial charge is 0.490 e. The average molecular weight is 289 g/mol. The van der Waals surface area contributed by atoms with Crippen LogP contribution in [0.15, 0.2) is 24.3 Å². The minimum atomic E-state index is -0.797. The zero-order valence-electron chi connectivity index (χ0n) is 12.5. The molecule has 0 spiro atoms. The predicted octanol–water partition coefficient (Wildman–Crippen LogP) is 2.89. The number of hydrogen-bond acceptors (Lipinski definition) is 3. The van der Waals surface area contributed by atoms with Crippen LogP contribution in [-0.2, 0) is 4.79 Å². The Hall–Kier alpha value is -1.55. The third-order valence-electron chi connectivity index (χ3n) is 4.50. The Morgan fingerprint density at radius 3 is 2.62 bits per heavy atom. The number of aryl methyl sites for hydroxylation is 1. The molecular formula is C17H23NO3. The van der Waals surface area contributed by atoms with E-state index >= 15 is 0 Å². The van der Waals surface area contributed by atoms with E-state index in [0.29, 0.717) is 18.9 Å². The molecule has 2 fully saturated rings. The molecular weight excluding hydrogens is 266 g/mol. The smallest absolute Gasteiger partial charge is 0.324 e. The molecule has 4 nitrogen and oxygen atoms in total. The van der Waals surface area contributed by atoms with Crippen LogP contribution in [0.3, 0.4) is 0 Å². The van der Waals surface area contributed by atoms with Gasteiger partial charge in [-0.05, 0) is 51.2 Å². The monoisotopic (exact) mass is 289 g/mol. The van der Waals surface area contributed by atoms with Gasteiger partial charge in [0.1, 0.15) is 17.4 Å². The van der Waals surface area contributed by atoms with E-state index in [0.717, 1.165) is 31.4 Å². The van der Waals surface area contributed by atoms with Crippen molar-refractivity contribution in [1.82, 2.24) is 5.32 Å². The van der Waals surface area contributed by atoms with Crippen LogP contribution in [0.25, 0.3) is 0 Å². The van der Waals surface area contributed by atoms with Crippen molar-refractivity contribution in [2.45, 2.75) is 63.1 Å². The van der Waals surface area contributed by atoms with Crippen LogP contribution in [-0.4, -0.2) is 28.8 Å². The molecule has 2 unspecified atom stereocenters. The van der Waals surface area contributed by atoms with Gasteiger partial charge in [0.2, 0.25) is 0 Å². The number of carboxylic acids is 1.